The third-order valence-corrected chi connectivity index (χ3v) is 6.25. The zero-order valence-corrected chi connectivity index (χ0v) is 12.2. The van der Waals surface area contributed by atoms with Gasteiger partial charge in [0, 0.05) is 35.3 Å². The minimum Gasteiger partial charge on any atom is -0.311 e. The number of fused-ring (bicyclic) bond motifs is 2. The summed E-state index contributed by atoms with van der Waals surface area (Å²) in [7, 11) is 0. The second-order valence-corrected chi connectivity index (χ2v) is 7.44. The molecule has 0 radical (unpaired) electrons. The average Bonchev–Trinajstić information content (AvgIpc) is 3.11. The van der Waals surface area contributed by atoms with E-state index in [9.17, 15) is 0 Å². The van der Waals surface area contributed by atoms with E-state index in [0.29, 0.717) is 0 Å². The van der Waals surface area contributed by atoms with Crippen molar-refractivity contribution in [3.8, 4) is 0 Å². The normalized spacial score (nSPS) is 33.6. The fraction of sp³-hybridized carbons (Fsp3) is 0.625. The third kappa shape index (κ3) is 2.32. The van der Waals surface area contributed by atoms with E-state index in [1.54, 1.807) is 5.56 Å². The van der Waals surface area contributed by atoms with E-state index in [1.807, 2.05) is 0 Å². The number of benzene rings is 1. The molecule has 0 amide bonds. The highest BCUT2D eigenvalue weighted by Gasteiger charge is 2.37. The average molecular weight is 274 g/mol. The molecule has 0 aliphatic carbocycles. The summed E-state index contributed by atoms with van der Waals surface area (Å²) >= 11 is 2.07. The lowest BCUT2D eigenvalue weighted by atomic mass is 10.1. The van der Waals surface area contributed by atoms with Crippen molar-refractivity contribution in [3.63, 3.8) is 0 Å². The molecule has 3 heterocycles. The molecule has 3 atom stereocenters. The van der Waals surface area contributed by atoms with Crippen LogP contribution < -0.4 is 5.32 Å². The summed E-state index contributed by atoms with van der Waals surface area (Å²) in [4.78, 5) is 4.19. The van der Waals surface area contributed by atoms with Crippen molar-refractivity contribution >= 4 is 11.8 Å². The van der Waals surface area contributed by atoms with E-state index in [1.165, 1.54) is 50.2 Å². The van der Waals surface area contributed by atoms with Gasteiger partial charge in [0.2, 0.25) is 0 Å². The van der Waals surface area contributed by atoms with Crippen molar-refractivity contribution in [2.45, 2.75) is 47.9 Å². The van der Waals surface area contributed by atoms with Crippen molar-refractivity contribution in [3.05, 3.63) is 29.8 Å². The molecule has 3 heteroatoms. The van der Waals surface area contributed by atoms with Crippen LogP contribution in [-0.4, -0.2) is 41.9 Å². The summed E-state index contributed by atoms with van der Waals surface area (Å²) in [5, 5.41) is 4.61. The molecule has 0 bridgehead atoms. The van der Waals surface area contributed by atoms with Gasteiger partial charge in [0.25, 0.3) is 0 Å². The van der Waals surface area contributed by atoms with Gasteiger partial charge in [-0.05, 0) is 43.9 Å². The number of nitrogens with one attached hydrogen (secondary N) is 1. The van der Waals surface area contributed by atoms with Crippen LogP contribution in [0.4, 0.5) is 0 Å². The Morgan fingerprint density at radius 2 is 2.16 bits per heavy atom. The van der Waals surface area contributed by atoms with Gasteiger partial charge < -0.3 is 5.32 Å². The fourth-order valence-electron chi connectivity index (χ4n) is 3.97. The lowest BCUT2D eigenvalue weighted by molar-refractivity contribution is 0.299. The quantitative estimate of drug-likeness (QED) is 0.912. The summed E-state index contributed by atoms with van der Waals surface area (Å²) in [5.41, 5.74) is 1.55. The molecule has 2 saturated heterocycles. The Labute approximate surface area is 119 Å². The van der Waals surface area contributed by atoms with Crippen LogP contribution in [0.3, 0.4) is 0 Å². The maximum absolute atomic E-state index is 3.87. The van der Waals surface area contributed by atoms with Crippen LogP contribution in [-0.2, 0) is 6.42 Å². The van der Waals surface area contributed by atoms with Gasteiger partial charge >= 0.3 is 0 Å². The molecule has 0 aromatic heterocycles. The predicted octanol–water partition coefficient (Wildman–Crippen LogP) is 2.53. The Balaban J connectivity index is 1.32. The molecular formula is C16H22N2S. The van der Waals surface area contributed by atoms with E-state index in [2.05, 4.69) is 46.2 Å². The van der Waals surface area contributed by atoms with Crippen molar-refractivity contribution in [2.24, 2.45) is 0 Å². The number of hydrogen-bond acceptors (Lipinski definition) is 3. The lowest BCUT2D eigenvalue weighted by Gasteiger charge is -2.22. The van der Waals surface area contributed by atoms with Gasteiger partial charge in [0.1, 0.15) is 0 Å². The first kappa shape index (κ1) is 12.2. The molecule has 4 rings (SSSR count). The van der Waals surface area contributed by atoms with E-state index in [0.717, 1.165) is 17.3 Å². The highest BCUT2D eigenvalue weighted by atomic mass is 32.2. The highest BCUT2D eigenvalue weighted by Crippen LogP contribution is 2.36. The number of thioether (sulfide) groups is 1. The Morgan fingerprint density at radius 1 is 1.21 bits per heavy atom. The summed E-state index contributed by atoms with van der Waals surface area (Å²) in [6.07, 6.45) is 5.42. The van der Waals surface area contributed by atoms with Gasteiger partial charge in [-0.15, -0.1) is 11.8 Å². The Kier molecular flexibility index (Phi) is 3.30. The second-order valence-electron chi connectivity index (χ2n) is 6.10. The van der Waals surface area contributed by atoms with E-state index in [4.69, 9.17) is 0 Å². The summed E-state index contributed by atoms with van der Waals surface area (Å²) in [6, 6.07) is 10.5. The predicted molar refractivity (Wildman–Crippen MR) is 80.8 cm³/mol. The Bertz CT molecular complexity index is 437. The van der Waals surface area contributed by atoms with Crippen molar-refractivity contribution in [1.82, 2.24) is 10.2 Å². The molecule has 102 valence electrons. The zero-order chi connectivity index (χ0) is 12.7. The Hall–Kier alpha value is -0.510. The standard InChI is InChI=1S/C16H22N2S/c1-2-6-16-12(4-1)10-13(19-16)11-17-14-7-9-18-8-3-5-15(14)18/h1-2,4,6,13-15,17H,3,5,7-11H2. The van der Waals surface area contributed by atoms with Crippen molar-refractivity contribution < 1.29 is 0 Å². The smallest absolute Gasteiger partial charge is 0.0260 e. The van der Waals surface area contributed by atoms with Crippen LogP contribution >= 0.6 is 11.8 Å². The van der Waals surface area contributed by atoms with Gasteiger partial charge in [0.05, 0.1) is 0 Å². The van der Waals surface area contributed by atoms with Crippen LogP contribution in [0.5, 0.6) is 0 Å². The van der Waals surface area contributed by atoms with Gasteiger partial charge in [-0.3, -0.25) is 4.90 Å². The first-order valence-electron chi connectivity index (χ1n) is 7.62. The minimum absolute atomic E-state index is 0.743. The Morgan fingerprint density at radius 3 is 3.11 bits per heavy atom. The largest absolute Gasteiger partial charge is 0.311 e. The van der Waals surface area contributed by atoms with Crippen LogP contribution in [0.15, 0.2) is 29.2 Å². The number of nitrogens with zero attached hydrogens (tertiary/aromatic N) is 1. The molecule has 3 aliphatic rings. The van der Waals surface area contributed by atoms with Crippen LogP contribution in [0.1, 0.15) is 24.8 Å². The van der Waals surface area contributed by atoms with Gasteiger partial charge in [-0.1, -0.05) is 18.2 Å². The third-order valence-electron chi connectivity index (χ3n) is 4.93. The molecule has 3 aliphatic heterocycles. The highest BCUT2D eigenvalue weighted by molar-refractivity contribution is 8.00. The molecule has 1 aromatic rings. The maximum Gasteiger partial charge on any atom is 0.0260 e. The van der Waals surface area contributed by atoms with Crippen LogP contribution in [0.2, 0.25) is 0 Å². The first-order chi connectivity index (χ1) is 9.40. The van der Waals surface area contributed by atoms with Gasteiger partial charge in [-0.2, -0.15) is 0 Å². The minimum atomic E-state index is 0.743. The van der Waals surface area contributed by atoms with Gasteiger partial charge in [0.15, 0.2) is 0 Å². The molecular weight excluding hydrogens is 252 g/mol. The topological polar surface area (TPSA) is 15.3 Å². The SMILES string of the molecule is c1ccc2c(c1)CC(CNC1CCN3CCCC13)S2. The molecule has 19 heavy (non-hydrogen) atoms. The van der Waals surface area contributed by atoms with Crippen LogP contribution in [0.25, 0.3) is 0 Å². The summed E-state index contributed by atoms with van der Waals surface area (Å²) in [6.45, 7) is 3.83. The summed E-state index contributed by atoms with van der Waals surface area (Å²) in [5.74, 6) is 0. The van der Waals surface area contributed by atoms with E-state index < -0.39 is 0 Å². The lowest BCUT2D eigenvalue weighted by Crippen LogP contribution is -2.41. The molecule has 1 aromatic carbocycles. The number of rotatable bonds is 3. The maximum atomic E-state index is 3.87. The number of hydrogen-bond donors (Lipinski definition) is 1. The van der Waals surface area contributed by atoms with E-state index >= 15 is 0 Å². The van der Waals surface area contributed by atoms with Gasteiger partial charge in [-0.25, -0.2) is 0 Å². The zero-order valence-electron chi connectivity index (χ0n) is 11.3. The monoisotopic (exact) mass is 274 g/mol. The molecule has 0 spiro atoms. The molecule has 3 unspecified atom stereocenters. The molecule has 2 nitrogen and oxygen atoms in total. The van der Waals surface area contributed by atoms with Crippen molar-refractivity contribution in [1.29, 1.82) is 0 Å². The molecule has 2 fully saturated rings. The van der Waals surface area contributed by atoms with Crippen LogP contribution in [0, 0.1) is 0 Å². The molecule has 1 N–H and O–H groups in total. The fourth-order valence-corrected chi connectivity index (χ4v) is 5.23. The molecule has 0 saturated carbocycles. The summed E-state index contributed by atoms with van der Waals surface area (Å²) < 4.78 is 0. The second kappa shape index (κ2) is 5.12. The first-order valence-corrected chi connectivity index (χ1v) is 8.50. The van der Waals surface area contributed by atoms with Crippen molar-refractivity contribution in [2.75, 3.05) is 19.6 Å². The van der Waals surface area contributed by atoms with E-state index in [-0.39, 0.29) is 0 Å².